The molecule has 6 heteroatoms. The molecular weight excluding hydrogens is 352 g/mol. The molecule has 0 saturated carbocycles. The number of amides is 1. The summed E-state index contributed by atoms with van der Waals surface area (Å²) in [6.07, 6.45) is 1.26. The maximum absolute atomic E-state index is 12.6. The SMILES string of the molecule is CCN(CC)C(CNC(=O)Cn1c(=O)cnc2ccccc21)c1ccccc1. The van der Waals surface area contributed by atoms with E-state index in [2.05, 4.69) is 41.2 Å². The van der Waals surface area contributed by atoms with Crippen LogP contribution in [0.1, 0.15) is 25.5 Å². The predicted molar refractivity (Wildman–Crippen MR) is 111 cm³/mol. The number of para-hydroxylation sites is 2. The number of hydrogen-bond acceptors (Lipinski definition) is 4. The standard InChI is InChI=1S/C22H26N4O2/c1-3-25(4-2)20(17-10-6-5-7-11-17)14-24-21(27)16-26-19-13-9-8-12-18(19)23-15-22(26)28/h5-13,15,20H,3-4,14,16H2,1-2H3,(H,24,27). The smallest absolute Gasteiger partial charge is 0.269 e. The van der Waals surface area contributed by atoms with Gasteiger partial charge in [-0.25, -0.2) is 4.98 Å². The van der Waals surface area contributed by atoms with Gasteiger partial charge in [-0.1, -0.05) is 56.3 Å². The quantitative estimate of drug-likeness (QED) is 0.654. The van der Waals surface area contributed by atoms with Crippen molar-refractivity contribution >= 4 is 16.9 Å². The summed E-state index contributed by atoms with van der Waals surface area (Å²) in [6.45, 7) is 6.47. The summed E-state index contributed by atoms with van der Waals surface area (Å²) in [6, 6.07) is 17.6. The Morgan fingerprint density at radius 1 is 1.07 bits per heavy atom. The topological polar surface area (TPSA) is 67.2 Å². The van der Waals surface area contributed by atoms with Crippen LogP contribution >= 0.6 is 0 Å². The monoisotopic (exact) mass is 378 g/mol. The van der Waals surface area contributed by atoms with Crippen LogP contribution in [-0.2, 0) is 11.3 Å². The molecule has 0 bridgehead atoms. The molecule has 1 aromatic heterocycles. The van der Waals surface area contributed by atoms with E-state index in [4.69, 9.17) is 0 Å². The van der Waals surface area contributed by atoms with E-state index >= 15 is 0 Å². The molecule has 1 atom stereocenters. The number of nitrogens with one attached hydrogen (secondary N) is 1. The molecule has 0 aliphatic heterocycles. The summed E-state index contributed by atoms with van der Waals surface area (Å²) >= 11 is 0. The lowest BCUT2D eigenvalue weighted by Gasteiger charge is -2.30. The summed E-state index contributed by atoms with van der Waals surface area (Å²) in [5.41, 5.74) is 2.24. The molecule has 1 unspecified atom stereocenters. The summed E-state index contributed by atoms with van der Waals surface area (Å²) in [5.74, 6) is -0.188. The number of carbonyl (C=O) groups excluding carboxylic acids is 1. The van der Waals surface area contributed by atoms with E-state index in [-0.39, 0.29) is 24.1 Å². The van der Waals surface area contributed by atoms with Crippen LogP contribution in [0.5, 0.6) is 0 Å². The van der Waals surface area contributed by atoms with Gasteiger partial charge in [-0.3, -0.25) is 19.1 Å². The minimum Gasteiger partial charge on any atom is -0.353 e. The molecule has 1 amide bonds. The molecule has 3 rings (SSSR count). The van der Waals surface area contributed by atoms with Gasteiger partial charge < -0.3 is 5.32 Å². The molecule has 0 spiro atoms. The molecule has 0 radical (unpaired) electrons. The van der Waals surface area contributed by atoms with E-state index < -0.39 is 0 Å². The van der Waals surface area contributed by atoms with Crippen molar-refractivity contribution in [3.05, 3.63) is 76.7 Å². The summed E-state index contributed by atoms with van der Waals surface area (Å²) in [4.78, 5) is 31.3. The largest absolute Gasteiger partial charge is 0.353 e. The Hall–Kier alpha value is -2.99. The van der Waals surface area contributed by atoms with Crippen molar-refractivity contribution in [1.82, 2.24) is 19.8 Å². The van der Waals surface area contributed by atoms with Crippen LogP contribution < -0.4 is 10.9 Å². The average molecular weight is 378 g/mol. The zero-order valence-electron chi connectivity index (χ0n) is 16.3. The van der Waals surface area contributed by atoms with Crippen molar-refractivity contribution in [1.29, 1.82) is 0 Å². The van der Waals surface area contributed by atoms with Gasteiger partial charge in [0.15, 0.2) is 0 Å². The molecule has 1 N–H and O–H groups in total. The number of likely N-dealkylation sites (N-methyl/N-ethyl adjacent to an activating group) is 1. The number of benzene rings is 2. The van der Waals surface area contributed by atoms with E-state index in [1.807, 2.05) is 36.4 Å². The van der Waals surface area contributed by atoms with Gasteiger partial charge in [0.2, 0.25) is 5.91 Å². The second kappa shape index (κ2) is 9.28. The van der Waals surface area contributed by atoms with E-state index in [0.29, 0.717) is 17.6 Å². The summed E-state index contributed by atoms with van der Waals surface area (Å²) in [7, 11) is 0. The highest BCUT2D eigenvalue weighted by Gasteiger charge is 2.19. The maximum atomic E-state index is 12.6. The van der Waals surface area contributed by atoms with E-state index in [1.54, 1.807) is 6.07 Å². The van der Waals surface area contributed by atoms with Gasteiger partial charge in [-0.15, -0.1) is 0 Å². The Labute approximate surface area is 164 Å². The molecule has 28 heavy (non-hydrogen) atoms. The van der Waals surface area contributed by atoms with Gasteiger partial charge in [-0.2, -0.15) is 0 Å². The van der Waals surface area contributed by atoms with Crippen molar-refractivity contribution in [2.45, 2.75) is 26.4 Å². The first-order chi connectivity index (χ1) is 13.6. The fourth-order valence-electron chi connectivity index (χ4n) is 3.49. The first kappa shape index (κ1) is 19.8. The Kier molecular flexibility index (Phi) is 6.55. The number of hydrogen-bond donors (Lipinski definition) is 1. The lowest BCUT2D eigenvalue weighted by molar-refractivity contribution is -0.121. The van der Waals surface area contributed by atoms with Crippen LogP contribution in [0, 0.1) is 0 Å². The highest BCUT2D eigenvalue weighted by molar-refractivity contribution is 5.79. The van der Waals surface area contributed by atoms with E-state index in [0.717, 1.165) is 18.7 Å². The third-order valence-electron chi connectivity index (χ3n) is 4.98. The van der Waals surface area contributed by atoms with Crippen molar-refractivity contribution in [3.8, 4) is 0 Å². The fourth-order valence-corrected chi connectivity index (χ4v) is 3.49. The van der Waals surface area contributed by atoms with Crippen LogP contribution in [0.3, 0.4) is 0 Å². The van der Waals surface area contributed by atoms with Gasteiger partial charge >= 0.3 is 0 Å². The molecule has 2 aromatic carbocycles. The zero-order valence-corrected chi connectivity index (χ0v) is 16.3. The number of carbonyl (C=O) groups is 1. The van der Waals surface area contributed by atoms with Crippen molar-refractivity contribution in [2.24, 2.45) is 0 Å². The summed E-state index contributed by atoms with van der Waals surface area (Å²) < 4.78 is 1.46. The lowest BCUT2D eigenvalue weighted by atomic mass is 10.1. The second-order valence-corrected chi connectivity index (χ2v) is 6.62. The van der Waals surface area contributed by atoms with Crippen LogP contribution in [0.2, 0.25) is 0 Å². The van der Waals surface area contributed by atoms with Crippen molar-refractivity contribution in [2.75, 3.05) is 19.6 Å². The van der Waals surface area contributed by atoms with Crippen LogP contribution in [0.25, 0.3) is 11.0 Å². The first-order valence-corrected chi connectivity index (χ1v) is 9.64. The van der Waals surface area contributed by atoms with E-state index in [9.17, 15) is 9.59 Å². The first-order valence-electron chi connectivity index (χ1n) is 9.64. The highest BCUT2D eigenvalue weighted by Crippen LogP contribution is 2.19. The van der Waals surface area contributed by atoms with Gasteiger partial charge in [0.1, 0.15) is 6.54 Å². The highest BCUT2D eigenvalue weighted by atomic mass is 16.2. The van der Waals surface area contributed by atoms with Gasteiger partial charge in [0, 0.05) is 6.54 Å². The number of rotatable bonds is 8. The molecule has 0 fully saturated rings. The number of aromatic nitrogens is 2. The molecule has 6 nitrogen and oxygen atoms in total. The Balaban J connectivity index is 1.75. The van der Waals surface area contributed by atoms with Crippen molar-refractivity contribution in [3.63, 3.8) is 0 Å². The van der Waals surface area contributed by atoms with Gasteiger partial charge in [-0.05, 0) is 30.8 Å². The second-order valence-electron chi connectivity index (χ2n) is 6.62. The van der Waals surface area contributed by atoms with Crippen LogP contribution in [-0.4, -0.2) is 40.0 Å². The normalized spacial score (nSPS) is 12.2. The fraction of sp³-hybridized carbons (Fsp3) is 0.318. The molecule has 0 aliphatic rings. The maximum Gasteiger partial charge on any atom is 0.269 e. The Morgan fingerprint density at radius 2 is 1.75 bits per heavy atom. The molecule has 0 aliphatic carbocycles. The van der Waals surface area contributed by atoms with Gasteiger partial charge in [0.05, 0.1) is 23.3 Å². The third-order valence-corrected chi connectivity index (χ3v) is 4.98. The van der Waals surface area contributed by atoms with Crippen LogP contribution in [0.4, 0.5) is 0 Å². The molecule has 3 aromatic rings. The average Bonchev–Trinajstić information content (AvgIpc) is 2.74. The van der Waals surface area contributed by atoms with Gasteiger partial charge in [0.25, 0.3) is 5.56 Å². The van der Waals surface area contributed by atoms with Crippen molar-refractivity contribution < 1.29 is 4.79 Å². The Bertz CT molecular complexity index is 980. The van der Waals surface area contributed by atoms with Crippen LogP contribution in [0.15, 0.2) is 65.6 Å². The predicted octanol–water partition coefficient (Wildman–Crippen LogP) is 2.60. The molecule has 1 heterocycles. The minimum absolute atomic E-state index is 0.0262. The Morgan fingerprint density at radius 3 is 2.46 bits per heavy atom. The molecular formula is C22H26N4O2. The summed E-state index contributed by atoms with van der Waals surface area (Å²) in [5, 5.41) is 3.01. The molecule has 146 valence electrons. The lowest BCUT2D eigenvalue weighted by Crippen LogP contribution is -2.40. The molecule has 0 saturated heterocycles. The van der Waals surface area contributed by atoms with E-state index in [1.165, 1.54) is 10.8 Å². The number of nitrogens with zero attached hydrogens (tertiary/aromatic N) is 3. The number of fused-ring (bicyclic) bond motifs is 1. The zero-order chi connectivity index (χ0) is 19.9. The minimum atomic E-state index is -0.280. The third kappa shape index (κ3) is 4.46.